The van der Waals surface area contributed by atoms with Crippen molar-refractivity contribution in [3.8, 4) is 0 Å². The molecule has 0 aromatic rings. The van der Waals surface area contributed by atoms with Crippen LogP contribution in [0, 0.1) is 5.92 Å². The van der Waals surface area contributed by atoms with Crippen molar-refractivity contribution in [1.29, 1.82) is 0 Å². The van der Waals surface area contributed by atoms with Gasteiger partial charge in [-0.3, -0.25) is 0 Å². The summed E-state index contributed by atoms with van der Waals surface area (Å²) in [5.74, 6) is 0.961. The molecule has 0 amide bonds. The van der Waals surface area contributed by atoms with Gasteiger partial charge in [0, 0.05) is 6.54 Å². The van der Waals surface area contributed by atoms with Gasteiger partial charge in [0.1, 0.15) is 0 Å². The highest BCUT2D eigenvalue weighted by molar-refractivity contribution is 4.71. The van der Waals surface area contributed by atoms with Crippen LogP contribution in [0.4, 0.5) is 0 Å². The fourth-order valence-corrected chi connectivity index (χ4v) is 1.94. The van der Waals surface area contributed by atoms with Crippen molar-refractivity contribution in [2.75, 3.05) is 13.2 Å². The Kier molecular flexibility index (Phi) is 4.62. The summed E-state index contributed by atoms with van der Waals surface area (Å²) in [4.78, 5) is 0. The Bertz CT molecular complexity index is 108. The number of hydrogen-bond donors (Lipinski definition) is 1. The SMILES string of the molecule is CCC1CCC(OCCN)CC1. The Hall–Kier alpha value is -0.0800. The van der Waals surface area contributed by atoms with E-state index in [1.807, 2.05) is 0 Å². The minimum Gasteiger partial charge on any atom is -0.377 e. The number of hydrogen-bond acceptors (Lipinski definition) is 2. The third-order valence-electron chi connectivity index (χ3n) is 2.84. The fraction of sp³-hybridized carbons (Fsp3) is 1.00. The molecule has 0 radical (unpaired) electrons. The third-order valence-corrected chi connectivity index (χ3v) is 2.84. The topological polar surface area (TPSA) is 35.2 Å². The van der Waals surface area contributed by atoms with E-state index in [0.717, 1.165) is 12.5 Å². The molecule has 12 heavy (non-hydrogen) atoms. The Morgan fingerprint density at radius 2 is 1.92 bits per heavy atom. The summed E-state index contributed by atoms with van der Waals surface area (Å²) < 4.78 is 5.60. The van der Waals surface area contributed by atoms with Gasteiger partial charge in [-0.1, -0.05) is 13.3 Å². The van der Waals surface area contributed by atoms with E-state index in [0.29, 0.717) is 12.6 Å². The average molecular weight is 171 g/mol. The van der Waals surface area contributed by atoms with Crippen molar-refractivity contribution < 1.29 is 4.74 Å². The second kappa shape index (κ2) is 5.55. The van der Waals surface area contributed by atoms with Crippen LogP contribution in [0.3, 0.4) is 0 Å². The van der Waals surface area contributed by atoms with Gasteiger partial charge in [-0.2, -0.15) is 0 Å². The van der Waals surface area contributed by atoms with E-state index in [-0.39, 0.29) is 0 Å². The second-order valence-corrected chi connectivity index (χ2v) is 3.71. The summed E-state index contributed by atoms with van der Waals surface area (Å²) in [7, 11) is 0. The van der Waals surface area contributed by atoms with Crippen molar-refractivity contribution in [1.82, 2.24) is 0 Å². The van der Waals surface area contributed by atoms with Crippen molar-refractivity contribution >= 4 is 0 Å². The van der Waals surface area contributed by atoms with E-state index < -0.39 is 0 Å². The first-order valence-corrected chi connectivity index (χ1v) is 5.18. The first-order valence-electron chi connectivity index (χ1n) is 5.18. The van der Waals surface area contributed by atoms with Crippen LogP contribution in [0.2, 0.25) is 0 Å². The van der Waals surface area contributed by atoms with Crippen LogP contribution < -0.4 is 5.73 Å². The highest BCUT2D eigenvalue weighted by Crippen LogP contribution is 2.27. The maximum Gasteiger partial charge on any atom is 0.0592 e. The lowest BCUT2D eigenvalue weighted by molar-refractivity contribution is 0.0222. The molecule has 1 fully saturated rings. The Labute approximate surface area is 75.5 Å². The van der Waals surface area contributed by atoms with Gasteiger partial charge in [0.15, 0.2) is 0 Å². The molecule has 0 spiro atoms. The summed E-state index contributed by atoms with van der Waals surface area (Å²) in [6, 6.07) is 0. The van der Waals surface area contributed by atoms with E-state index in [9.17, 15) is 0 Å². The molecule has 2 nitrogen and oxygen atoms in total. The van der Waals surface area contributed by atoms with E-state index in [4.69, 9.17) is 10.5 Å². The smallest absolute Gasteiger partial charge is 0.0592 e. The normalized spacial score (nSPS) is 30.5. The minimum absolute atomic E-state index is 0.511. The van der Waals surface area contributed by atoms with Crippen molar-refractivity contribution in [3.63, 3.8) is 0 Å². The first kappa shape index (κ1) is 10.0. The van der Waals surface area contributed by atoms with Gasteiger partial charge in [0.05, 0.1) is 12.7 Å². The molecule has 2 heteroatoms. The quantitative estimate of drug-likeness (QED) is 0.701. The van der Waals surface area contributed by atoms with E-state index in [1.165, 1.54) is 32.1 Å². The molecular formula is C10H21NO. The van der Waals surface area contributed by atoms with Gasteiger partial charge < -0.3 is 10.5 Å². The van der Waals surface area contributed by atoms with Crippen LogP contribution in [-0.2, 0) is 4.74 Å². The molecule has 1 aliphatic carbocycles. The highest BCUT2D eigenvalue weighted by atomic mass is 16.5. The molecule has 1 aliphatic rings. The van der Waals surface area contributed by atoms with Crippen LogP contribution in [0.15, 0.2) is 0 Å². The number of rotatable bonds is 4. The Morgan fingerprint density at radius 1 is 1.25 bits per heavy atom. The summed E-state index contributed by atoms with van der Waals surface area (Å²) in [5, 5.41) is 0. The molecule has 0 aliphatic heterocycles. The molecule has 0 aromatic heterocycles. The van der Waals surface area contributed by atoms with Crippen LogP contribution in [0.25, 0.3) is 0 Å². The van der Waals surface area contributed by atoms with Gasteiger partial charge in [-0.25, -0.2) is 0 Å². The molecule has 0 atom stereocenters. The van der Waals surface area contributed by atoms with E-state index in [2.05, 4.69) is 6.92 Å². The highest BCUT2D eigenvalue weighted by Gasteiger charge is 2.19. The molecule has 1 saturated carbocycles. The zero-order chi connectivity index (χ0) is 8.81. The van der Waals surface area contributed by atoms with Gasteiger partial charge in [0.25, 0.3) is 0 Å². The summed E-state index contributed by atoms with van der Waals surface area (Å²) in [5.41, 5.74) is 5.37. The average Bonchev–Trinajstić information content (AvgIpc) is 2.15. The lowest BCUT2D eigenvalue weighted by Gasteiger charge is -2.27. The molecule has 0 unspecified atom stereocenters. The zero-order valence-electron chi connectivity index (χ0n) is 8.09. The van der Waals surface area contributed by atoms with Crippen LogP contribution >= 0.6 is 0 Å². The maximum absolute atomic E-state index is 5.60. The van der Waals surface area contributed by atoms with Crippen molar-refractivity contribution in [2.45, 2.75) is 45.1 Å². The summed E-state index contributed by atoms with van der Waals surface area (Å²) in [6.45, 7) is 3.68. The lowest BCUT2D eigenvalue weighted by atomic mass is 9.86. The van der Waals surface area contributed by atoms with Crippen molar-refractivity contribution in [2.24, 2.45) is 11.7 Å². The third kappa shape index (κ3) is 3.11. The second-order valence-electron chi connectivity index (χ2n) is 3.71. The van der Waals surface area contributed by atoms with Gasteiger partial charge >= 0.3 is 0 Å². The van der Waals surface area contributed by atoms with Crippen LogP contribution in [-0.4, -0.2) is 19.3 Å². The maximum atomic E-state index is 5.60. The van der Waals surface area contributed by atoms with Gasteiger partial charge in [-0.05, 0) is 31.6 Å². The molecule has 0 aromatic carbocycles. The standard InChI is InChI=1S/C10H21NO/c1-2-9-3-5-10(6-4-9)12-8-7-11/h9-10H,2-8,11H2,1H3. The van der Waals surface area contributed by atoms with Crippen molar-refractivity contribution in [3.05, 3.63) is 0 Å². The summed E-state index contributed by atoms with van der Waals surface area (Å²) >= 11 is 0. The number of nitrogens with two attached hydrogens (primary N) is 1. The molecule has 2 N–H and O–H groups in total. The molecule has 72 valence electrons. The predicted octanol–water partition coefficient (Wildman–Crippen LogP) is 1.93. The van der Waals surface area contributed by atoms with Gasteiger partial charge in [-0.15, -0.1) is 0 Å². The lowest BCUT2D eigenvalue weighted by Crippen LogP contribution is -2.23. The van der Waals surface area contributed by atoms with E-state index >= 15 is 0 Å². The van der Waals surface area contributed by atoms with E-state index in [1.54, 1.807) is 0 Å². The largest absolute Gasteiger partial charge is 0.377 e. The number of ether oxygens (including phenoxy) is 1. The Balaban J connectivity index is 2.09. The monoisotopic (exact) mass is 171 g/mol. The molecular weight excluding hydrogens is 150 g/mol. The molecule has 0 saturated heterocycles. The summed E-state index contributed by atoms with van der Waals surface area (Å²) in [6.07, 6.45) is 7.05. The molecule has 0 heterocycles. The predicted molar refractivity (Wildman–Crippen MR) is 51.0 cm³/mol. The van der Waals surface area contributed by atoms with Gasteiger partial charge in [0.2, 0.25) is 0 Å². The fourth-order valence-electron chi connectivity index (χ4n) is 1.94. The van der Waals surface area contributed by atoms with Crippen LogP contribution in [0.1, 0.15) is 39.0 Å². The minimum atomic E-state index is 0.511. The molecule has 0 bridgehead atoms. The van der Waals surface area contributed by atoms with Crippen LogP contribution in [0.5, 0.6) is 0 Å². The first-order chi connectivity index (χ1) is 5.86. The molecule has 1 rings (SSSR count). The Morgan fingerprint density at radius 3 is 2.42 bits per heavy atom. The zero-order valence-corrected chi connectivity index (χ0v) is 8.09.